The lowest BCUT2D eigenvalue weighted by Gasteiger charge is -2.16. The minimum atomic E-state index is -1.20. The van der Waals surface area contributed by atoms with Crippen LogP contribution in [0.3, 0.4) is 0 Å². The predicted octanol–water partition coefficient (Wildman–Crippen LogP) is 4.74. The van der Waals surface area contributed by atoms with E-state index in [1.165, 1.54) is 11.8 Å². The smallest absolute Gasteiger partial charge is 0.328 e. The molecule has 0 aromatic heterocycles. The van der Waals surface area contributed by atoms with Gasteiger partial charge in [-0.2, -0.15) is 0 Å². The molecule has 29 heavy (non-hydrogen) atoms. The minimum absolute atomic E-state index is 0.137. The molecule has 0 aliphatic heterocycles. The number of halogens is 1. The van der Waals surface area contributed by atoms with Crippen molar-refractivity contribution in [2.24, 2.45) is 0 Å². The maximum atomic E-state index is 12.7. The summed E-state index contributed by atoms with van der Waals surface area (Å²) in [7, 11) is 0. The highest BCUT2D eigenvalue weighted by atomic mass is 35.5. The second kappa shape index (κ2) is 10.7. The van der Waals surface area contributed by atoms with E-state index in [2.05, 4.69) is 10.6 Å². The van der Waals surface area contributed by atoms with Crippen molar-refractivity contribution in [3.05, 3.63) is 65.2 Å². The Hall–Kier alpha value is -2.77. The fraction of sp³-hybridized carbons (Fsp3) is 0.190. The zero-order valence-corrected chi connectivity index (χ0v) is 17.5. The van der Waals surface area contributed by atoms with E-state index in [1.807, 2.05) is 19.9 Å². The number of benzene rings is 2. The third kappa shape index (κ3) is 6.96. The Morgan fingerprint density at radius 1 is 1.14 bits per heavy atom. The number of carbonyl (C=O) groups excluding carboxylic acids is 2. The van der Waals surface area contributed by atoms with E-state index in [9.17, 15) is 14.4 Å². The third-order valence-electron chi connectivity index (χ3n) is 3.95. The van der Waals surface area contributed by atoms with Crippen LogP contribution in [0.2, 0.25) is 5.02 Å². The maximum absolute atomic E-state index is 12.7. The topological polar surface area (TPSA) is 95.5 Å². The van der Waals surface area contributed by atoms with Gasteiger partial charge in [0.05, 0.1) is 5.25 Å². The Bertz CT molecular complexity index is 946. The molecule has 152 valence electrons. The molecule has 1 atom stereocenters. The molecule has 2 aromatic carbocycles. The van der Waals surface area contributed by atoms with Gasteiger partial charge >= 0.3 is 5.97 Å². The molecule has 0 heterocycles. The number of anilines is 2. The summed E-state index contributed by atoms with van der Waals surface area (Å²) in [5, 5.41) is 14.3. The van der Waals surface area contributed by atoms with Gasteiger partial charge in [0.2, 0.25) is 11.8 Å². The zero-order chi connectivity index (χ0) is 21.4. The molecule has 2 aromatic rings. The van der Waals surface area contributed by atoms with E-state index in [0.717, 1.165) is 22.6 Å². The number of thioether (sulfide) groups is 1. The molecule has 3 N–H and O–H groups in total. The van der Waals surface area contributed by atoms with E-state index in [-0.39, 0.29) is 11.2 Å². The van der Waals surface area contributed by atoms with Gasteiger partial charge < -0.3 is 15.7 Å². The highest BCUT2D eigenvalue weighted by molar-refractivity contribution is 8.00. The lowest BCUT2D eigenvalue weighted by molar-refractivity contribution is -0.131. The maximum Gasteiger partial charge on any atom is 0.328 e. The van der Waals surface area contributed by atoms with Crippen LogP contribution < -0.4 is 10.6 Å². The van der Waals surface area contributed by atoms with Gasteiger partial charge in [0.15, 0.2) is 0 Å². The number of hydrogen-bond acceptors (Lipinski definition) is 4. The van der Waals surface area contributed by atoms with Crippen LogP contribution in [-0.2, 0) is 14.4 Å². The molecule has 0 fully saturated rings. The zero-order valence-electron chi connectivity index (χ0n) is 15.9. The number of hydrogen-bond donors (Lipinski definition) is 3. The number of nitrogens with one attached hydrogen (secondary N) is 2. The molecule has 8 heteroatoms. The van der Waals surface area contributed by atoms with Crippen molar-refractivity contribution >= 4 is 52.5 Å². The molecular formula is C21H21ClN2O4S. The first-order valence-corrected chi connectivity index (χ1v) is 10.1. The largest absolute Gasteiger partial charge is 0.478 e. The van der Waals surface area contributed by atoms with E-state index in [4.69, 9.17) is 16.7 Å². The summed E-state index contributed by atoms with van der Waals surface area (Å²) in [5.74, 6) is -1.88. The molecular weight excluding hydrogens is 412 g/mol. The lowest BCUT2D eigenvalue weighted by atomic mass is 10.2. The average Bonchev–Trinajstić information content (AvgIpc) is 2.68. The second-order valence-electron chi connectivity index (χ2n) is 6.11. The quantitative estimate of drug-likeness (QED) is 0.413. The molecule has 0 spiro atoms. The molecule has 0 aliphatic carbocycles. The first kappa shape index (κ1) is 22.5. The normalized spacial score (nSPS) is 11.8. The molecule has 1 unspecified atom stereocenters. The number of carboxylic acid groups (broad SMARTS) is 1. The van der Waals surface area contributed by atoms with Crippen LogP contribution in [-0.4, -0.2) is 28.1 Å². The van der Waals surface area contributed by atoms with Crippen molar-refractivity contribution < 1.29 is 19.5 Å². The van der Waals surface area contributed by atoms with Crippen LogP contribution in [0.15, 0.2) is 59.5 Å². The van der Waals surface area contributed by atoms with Gasteiger partial charge in [0.1, 0.15) is 0 Å². The van der Waals surface area contributed by atoms with Gasteiger partial charge in [-0.05, 0) is 49.2 Å². The molecule has 2 rings (SSSR count). The van der Waals surface area contributed by atoms with Crippen molar-refractivity contribution in [3.8, 4) is 0 Å². The summed E-state index contributed by atoms with van der Waals surface area (Å²) in [4.78, 5) is 35.7. The SMILES string of the molecule is CCC(Sc1cccc(NC(=O)/C=C/C(=O)O)c1)C(=O)Nc1cccc(Cl)c1C. The first-order chi connectivity index (χ1) is 13.8. The number of carboxylic acids is 1. The molecule has 0 aliphatic rings. The van der Waals surface area contributed by atoms with Gasteiger partial charge in [-0.1, -0.05) is 30.7 Å². The van der Waals surface area contributed by atoms with Gasteiger partial charge in [-0.25, -0.2) is 4.79 Å². The van der Waals surface area contributed by atoms with Crippen LogP contribution in [0.25, 0.3) is 0 Å². The summed E-state index contributed by atoms with van der Waals surface area (Å²) < 4.78 is 0. The molecule has 2 amide bonds. The lowest BCUT2D eigenvalue weighted by Crippen LogP contribution is -2.25. The molecule has 0 bridgehead atoms. The van der Waals surface area contributed by atoms with E-state index in [0.29, 0.717) is 22.8 Å². The average molecular weight is 433 g/mol. The third-order valence-corrected chi connectivity index (χ3v) is 5.71. The Balaban J connectivity index is 2.06. The standard InChI is InChI=1S/C21H21ClN2O4S/c1-3-18(21(28)24-17-9-5-8-16(22)13(17)2)29-15-7-4-6-14(12-15)23-19(25)10-11-20(26)27/h4-12,18H,3H2,1-2H3,(H,23,25)(H,24,28)(H,26,27)/b11-10+. The number of carbonyl (C=O) groups is 3. The first-order valence-electron chi connectivity index (χ1n) is 8.84. The Morgan fingerprint density at radius 3 is 2.55 bits per heavy atom. The Labute approximate surface area is 178 Å². The monoisotopic (exact) mass is 432 g/mol. The summed E-state index contributed by atoms with van der Waals surface area (Å²) in [5.41, 5.74) is 1.99. The summed E-state index contributed by atoms with van der Waals surface area (Å²) in [6.45, 7) is 3.77. The van der Waals surface area contributed by atoms with Gasteiger partial charge in [0.25, 0.3) is 0 Å². The highest BCUT2D eigenvalue weighted by Gasteiger charge is 2.19. The van der Waals surface area contributed by atoms with E-state index >= 15 is 0 Å². The van der Waals surface area contributed by atoms with Gasteiger partial charge in [0, 0.05) is 33.4 Å². The van der Waals surface area contributed by atoms with Crippen molar-refractivity contribution in [3.63, 3.8) is 0 Å². The molecule has 0 saturated heterocycles. The molecule has 0 saturated carbocycles. The molecule has 6 nitrogen and oxygen atoms in total. The Kier molecular flexibility index (Phi) is 8.30. The summed E-state index contributed by atoms with van der Waals surface area (Å²) in [6, 6.07) is 12.4. The summed E-state index contributed by atoms with van der Waals surface area (Å²) >= 11 is 7.49. The Morgan fingerprint density at radius 2 is 1.86 bits per heavy atom. The number of rotatable bonds is 8. The van der Waals surface area contributed by atoms with Crippen molar-refractivity contribution in [2.75, 3.05) is 10.6 Å². The van der Waals surface area contributed by atoms with Crippen molar-refractivity contribution in [2.45, 2.75) is 30.4 Å². The van der Waals surface area contributed by atoms with Crippen LogP contribution in [0, 0.1) is 6.92 Å². The van der Waals surface area contributed by atoms with Gasteiger partial charge in [-0.3, -0.25) is 9.59 Å². The second-order valence-corrected chi connectivity index (χ2v) is 7.79. The van der Waals surface area contributed by atoms with Crippen molar-refractivity contribution in [1.29, 1.82) is 0 Å². The van der Waals surface area contributed by atoms with Crippen LogP contribution in [0.4, 0.5) is 11.4 Å². The van der Waals surface area contributed by atoms with E-state index in [1.54, 1.807) is 36.4 Å². The van der Waals surface area contributed by atoms with Crippen LogP contribution in [0.5, 0.6) is 0 Å². The minimum Gasteiger partial charge on any atom is -0.478 e. The number of aliphatic carboxylic acids is 1. The van der Waals surface area contributed by atoms with E-state index < -0.39 is 11.9 Å². The fourth-order valence-corrected chi connectivity index (χ4v) is 3.61. The molecule has 0 radical (unpaired) electrons. The highest BCUT2D eigenvalue weighted by Crippen LogP contribution is 2.29. The fourth-order valence-electron chi connectivity index (χ4n) is 2.42. The predicted molar refractivity (Wildman–Crippen MR) is 117 cm³/mol. The van der Waals surface area contributed by atoms with Crippen LogP contribution in [0.1, 0.15) is 18.9 Å². The van der Waals surface area contributed by atoms with Crippen LogP contribution >= 0.6 is 23.4 Å². The summed E-state index contributed by atoms with van der Waals surface area (Å²) in [6.07, 6.45) is 2.31. The van der Waals surface area contributed by atoms with Crippen molar-refractivity contribution in [1.82, 2.24) is 0 Å². The van der Waals surface area contributed by atoms with Gasteiger partial charge in [-0.15, -0.1) is 11.8 Å². The number of amides is 2.